The van der Waals surface area contributed by atoms with Crippen molar-refractivity contribution in [3.63, 3.8) is 0 Å². The second-order valence-corrected chi connectivity index (χ2v) is 9.47. The third-order valence-electron chi connectivity index (χ3n) is 6.66. The highest BCUT2D eigenvalue weighted by Crippen LogP contribution is 2.25. The summed E-state index contributed by atoms with van der Waals surface area (Å²) in [6, 6.07) is 10.4. The number of aliphatic hydroxyl groups is 1. The summed E-state index contributed by atoms with van der Waals surface area (Å²) >= 11 is 0. The van der Waals surface area contributed by atoms with Crippen LogP contribution in [-0.2, 0) is 17.7 Å². The lowest BCUT2D eigenvalue weighted by Gasteiger charge is -2.31. The second-order valence-electron chi connectivity index (χ2n) is 9.47. The van der Waals surface area contributed by atoms with Gasteiger partial charge in [0.1, 0.15) is 18.2 Å². The monoisotopic (exact) mass is 507 g/mol. The molecule has 0 aliphatic carbocycles. The quantitative estimate of drug-likeness (QED) is 0.260. The normalized spacial score (nSPS) is 15.6. The first-order valence-electron chi connectivity index (χ1n) is 12.8. The van der Waals surface area contributed by atoms with Gasteiger partial charge < -0.3 is 25.2 Å². The fraction of sp³-hybridized carbons (Fsp3) is 0.448. The van der Waals surface area contributed by atoms with E-state index in [1.807, 2.05) is 25.1 Å². The molecule has 1 aliphatic heterocycles. The number of aromatic nitrogens is 1. The van der Waals surface area contributed by atoms with Crippen molar-refractivity contribution in [2.24, 2.45) is 4.99 Å². The van der Waals surface area contributed by atoms with E-state index in [2.05, 4.69) is 64.8 Å². The lowest BCUT2D eigenvalue weighted by atomic mass is 9.99. The molecule has 0 amide bonds. The van der Waals surface area contributed by atoms with Gasteiger partial charge >= 0.3 is 0 Å². The number of methoxy groups -OCH3 is 1. The standard InChI is InChI=1S/C29H41N5O3/c1-7-20(2)33-29-15-23(10-12-31-29)21(3)32-16-26(35)18-34-13-11-24-14-27(9-8-25(24)17-34)37-19-28(36-6)22(4)30-5/h8-10,12,14-15,20,26,32,35H,3,5,7,11,13,16-19H2,1-2,4,6H3,(H,31,33)/b28-22-. The number of aliphatic hydroxyl groups excluding tert-OH is 1. The Labute approximate surface area is 221 Å². The lowest BCUT2D eigenvalue weighted by molar-refractivity contribution is 0.107. The number of nitrogens with one attached hydrogen (secondary N) is 2. The highest BCUT2D eigenvalue weighted by molar-refractivity contribution is 5.64. The van der Waals surface area contributed by atoms with E-state index in [9.17, 15) is 5.11 Å². The number of pyridine rings is 1. The zero-order valence-electron chi connectivity index (χ0n) is 22.6. The average molecular weight is 508 g/mol. The van der Waals surface area contributed by atoms with Gasteiger partial charge in [-0.05, 0) is 68.8 Å². The van der Waals surface area contributed by atoms with Crippen molar-refractivity contribution in [2.75, 3.05) is 38.7 Å². The van der Waals surface area contributed by atoms with Gasteiger partial charge in [0, 0.05) is 49.7 Å². The number of allylic oxidation sites excluding steroid dienone is 1. The van der Waals surface area contributed by atoms with Crippen LogP contribution in [0.3, 0.4) is 0 Å². The van der Waals surface area contributed by atoms with Gasteiger partial charge in [-0.3, -0.25) is 9.89 Å². The number of hydrogen-bond donors (Lipinski definition) is 3. The summed E-state index contributed by atoms with van der Waals surface area (Å²) in [6.45, 7) is 16.8. The lowest BCUT2D eigenvalue weighted by Crippen LogP contribution is -2.40. The van der Waals surface area contributed by atoms with Crippen molar-refractivity contribution < 1.29 is 14.6 Å². The zero-order chi connectivity index (χ0) is 26.8. The van der Waals surface area contributed by atoms with Crippen molar-refractivity contribution >= 4 is 18.2 Å². The van der Waals surface area contributed by atoms with Gasteiger partial charge in [-0.1, -0.05) is 19.6 Å². The van der Waals surface area contributed by atoms with Gasteiger partial charge in [0.2, 0.25) is 0 Å². The van der Waals surface area contributed by atoms with Gasteiger partial charge in [-0.15, -0.1) is 0 Å². The van der Waals surface area contributed by atoms with Gasteiger partial charge in [0.25, 0.3) is 0 Å². The maximum Gasteiger partial charge on any atom is 0.154 e. The number of aliphatic imine (C=N–C) groups is 1. The molecule has 0 spiro atoms. The number of benzene rings is 1. The average Bonchev–Trinajstić information content (AvgIpc) is 2.91. The van der Waals surface area contributed by atoms with E-state index in [4.69, 9.17) is 9.47 Å². The molecule has 8 nitrogen and oxygen atoms in total. The summed E-state index contributed by atoms with van der Waals surface area (Å²) in [4.78, 5) is 10.6. The minimum Gasteiger partial charge on any atom is -0.496 e. The van der Waals surface area contributed by atoms with Crippen LogP contribution < -0.4 is 15.4 Å². The molecule has 1 aromatic carbocycles. The molecule has 3 rings (SSSR count). The molecule has 0 saturated carbocycles. The van der Waals surface area contributed by atoms with E-state index in [1.54, 1.807) is 13.3 Å². The number of nitrogens with zero attached hydrogens (tertiary/aromatic N) is 3. The first-order valence-corrected chi connectivity index (χ1v) is 12.8. The molecule has 1 aliphatic rings. The largest absolute Gasteiger partial charge is 0.496 e. The molecule has 0 saturated heterocycles. The molecular formula is C29H41N5O3. The van der Waals surface area contributed by atoms with Crippen molar-refractivity contribution in [1.82, 2.24) is 15.2 Å². The number of fused-ring (bicyclic) bond motifs is 1. The van der Waals surface area contributed by atoms with Crippen LogP contribution in [0.1, 0.15) is 43.9 Å². The van der Waals surface area contributed by atoms with E-state index < -0.39 is 6.10 Å². The number of anilines is 1. The van der Waals surface area contributed by atoms with Crippen molar-refractivity contribution in [2.45, 2.75) is 52.3 Å². The third kappa shape index (κ3) is 8.33. The van der Waals surface area contributed by atoms with Crippen LogP contribution in [0.4, 0.5) is 5.82 Å². The predicted octanol–water partition coefficient (Wildman–Crippen LogP) is 4.23. The van der Waals surface area contributed by atoms with E-state index in [0.29, 0.717) is 31.5 Å². The summed E-state index contributed by atoms with van der Waals surface area (Å²) in [5.74, 6) is 2.30. The minimum absolute atomic E-state index is 0.311. The predicted molar refractivity (Wildman–Crippen MR) is 151 cm³/mol. The first-order chi connectivity index (χ1) is 17.8. The molecule has 3 N–H and O–H groups in total. The van der Waals surface area contributed by atoms with E-state index >= 15 is 0 Å². The highest BCUT2D eigenvalue weighted by Gasteiger charge is 2.20. The van der Waals surface area contributed by atoms with Gasteiger partial charge in [0.05, 0.1) is 18.9 Å². The molecule has 2 atom stereocenters. The molecule has 1 aromatic heterocycles. The first kappa shape index (κ1) is 28.2. The molecular weight excluding hydrogens is 466 g/mol. The Bertz CT molecular complexity index is 1100. The molecule has 8 heteroatoms. The molecule has 0 fully saturated rings. The van der Waals surface area contributed by atoms with Gasteiger partial charge in [-0.25, -0.2) is 4.98 Å². The Morgan fingerprint density at radius 3 is 2.81 bits per heavy atom. The minimum atomic E-state index is -0.513. The SMILES string of the molecule is C=N/C(C)=C(/COc1ccc2c(c1)CCN(CC(O)CNC(=C)c1ccnc(NC(C)CC)c1)C2)OC. The van der Waals surface area contributed by atoms with Gasteiger partial charge in [0.15, 0.2) is 5.76 Å². The van der Waals surface area contributed by atoms with Crippen LogP contribution in [0.2, 0.25) is 0 Å². The highest BCUT2D eigenvalue weighted by atomic mass is 16.5. The van der Waals surface area contributed by atoms with Crippen LogP contribution in [0.15, 0.2) is 59.6 Å². The zero-order valence-corrected chi connectivity index (χ0v) is 22.6. The van der Waals surface area contributed by atoms with Crippen LogP contribution in [0.25, 0.3) is 5.70 Å². The Morgan fingerprint density at radius 2 is 2.08 bits per heavy atom. The fourth-order valence-electron chi connectivity index (χ4n) is 4.14. The second kappa shape index (κ2) is 13.8. The Morgan fingerprint density at radius 1 is 1.27 bits per heavy atom. The summed E-state index contributed by atoms with van der Waals surface area (Å²) in [5, 5.41) is 17.3. The van der Waals surface area contributed by atoms with Gasteiger partial charge in [-0.2, -0.15) is 0 Å². The van der Waals surface area contributed by atoms with Crippen LogP contribution in [0.5, 0.6) is 5.75 Å². The number of ether oxygens (including phenoxy) is 2. The van der Waals surface area contributed by atoms with E-state index in [0.717, 1.165) is 54.5 Å². The summed E-state index contributed by atoms with van der Waals surface area (Å²) < 4.78 is 11.3. The third-order valence-corrected chi connectivity index (χ3v) is 6.66. The van der Waals surface area contributed by atoms with Crippen LogP contribution >= 0.6 is 0 Å². The smallest absolute Gasteiger partial charge is 0.154 e. The molecule has 37 heavy (non-hydrogen) atoms. The maximum absolute atomic E-state index is 10.7. The van der Waals surface area contributed by atoms with Crippen LogP contribution in [-0.4, -0.2) is 67.2 Å². The van der Waals surface area contributed by atoms with Crippen molar-refractivity contribution in [1.29, 1.82) is 0 Å². The number of β-amino-alcohol motifs (C(OH)–C–C–N with tert-alkyl or cyclic N) is 1. The number of rotatable bonds is 14. The van der Waals surface area contributed by atoms with E-state index in [-0.39, 0.29) is 0 Å². The van der Waals surface area contributed by atoms with Crippen LogP contribution in [0, 0.1) is 0 Å². The molecule has 2 aromatic rings. The van der Waals surface area contributed by atoms with E-state index in [1.165, 1.54) is 11.1 Å². The Kier molecular flexibility index (Phi) is 10.5. The Balaban J connectivity index is 1.48. The Hall–Kier alpha value is -3.36. The number of hydrogen-bond acceptors (Lipinski definition) is 8. The van der Waals surface area contributed by atoms with Crippen molar-refractivity contribution in [3.8, 4) is 5.75 Å². The molecule has 2 heterocycles. The van der Waals surface area contributed by atoms with Crippen molar-refractivity contribution in [3.05, 3.63) is 71.3 Å². The summed E-state index contributed by atoms with van der Waals surface area (Å²) in [6.07, 6.45) is 3.19. The molecule has 200 valence electrons. The molecule has 0 bridgehead atoms. The maximum atomic E-state index is 10.7. The molecule has 2 unspecified atom stereocenters. The fourth-order valence-corrected chi connectivity index (χ4v) is 4.14. The summed E-state index contributed by atoms with van der Waals surface area (Å²) in [5.41, 5.74) is 4.98. The molecule has 0 radical (unpaired) electrons. The summed E-state index contributed by atoms with van der Waals surface area (Å²) in [7, 11) is 1.61. The topological polar surface area (TPSA) is 91.2 Å².